The number of hydrogen-bond acceptors (Lipinski definition) is 5. The Kier molecular flexibility index (Phi) is 4.87. The van der Waals surface area contributed by atoms with Gasteiger partial charge in [0.2, 0.25) is 16.8 Å². The first kappa shape index (κ1) is 18.6. The molecule has 9 heteroatoms. The first-order valence-electron chi connectivity index (χ1n) is 7.70. The number of benzene rings is 2. The molecule has 0 radical (unpaired) electrons. The Hall–Kier alpha value is -2.23. The summed E-state index contributed by atoms with van der Waals surface area (Å²) in [6.45, 7) is 1.15. The Balaban J connectivity index is 1.71. The average molecular weight is 385 g/mol. The smallest absolute Gasteiger partial charge is 0.231 e. The quantitative estimate of drug-likeness (QED) is 0.795. The number of hydrogen-bond donors (Lipinski definition) is 2. The van der Waals surface area contributed by atoms with Gasteiger partial charge in [0.15, 0.2) is 11.5 Å². The average Bonchev–Trinajstić information content (AvgIpc) is 3.04. The standard InChI is InChI=1S/C17H17F2NO5S/c1-17(21,12-2-5-15-16(7-12)25-10-24-15)9-20-26(22,23)8-11-6-13(18)3-4-14(11)19/h2-7,20-21H,8-10H2,1H3/t17-/m0/s1. The van der Waals surface area contributed by atoms with Crippen LogP contribution < -0.4 is 14.2 Å². The molecular weight excluding hydrogens is 368 g/mol. The minimum absolute atomic E-state index is 0.0761. The molecule has 1 atom stereocenters. The third kappa shape index (κ3) is 4.12. The molecule has 26 heavy (non-hydrogen) atoms. The monoisotopic (exact) mass is 385 g/mol. The van der Waals surface area contributed by atoms with Crippen molar-refractivity contribution in [3.05, 3.63) is 59.2 Å². The molecule has 0 spiro atoms. The molecule has 0 unspecified atom stereocenters. The zero-order valence-electron chi connectivity index (χ0n) is 13.8. The molecule has 0 saturated carbocycles. The van der Waals surface area contributed by atoms with Crippen LogP contribution in [0.3, 0.4) is 0 Å². The van der Waals surface area contributed by atoms with Gasteiger partial charge in [-0.05, 0) is 42.8 Å². The van der Waals surface area contributed by atoms with Crippen LogP contribution >= 0.6 is 0 Å². The molecule has 1 aliphatic heterocycles. The summed E-state index contributed by atoms with van der Waals surface area (Å²) in [6, 6.07) is 7.36. The summed E-state index contributed by atoms with van der Waals surface area (Å²) >= 11 is 0. The summed E-state index contributed by atoms with van der Waals surface area (Å²) in [5.74, 6) is -1.31. The maximum atomic E-state index is 13.6. The lowest BCUT2D eigenvalue weighted by atomic mass is 9.96. The molecule has 0 bridgehead atoms. The van der Waals surface area contributed by atoms with E-state index in [1.165, 1.54) is 6.92 Å². The normalized spacial score (nSPS) is 15.7. The first-order valence-corrected chi connectivity index (χ1v) is 9.35. The third-order valence-electron chi connectivity index (χ3n) is 3.98. The Morgan fingerprint density at radius 2 is 1.88 bits per heavy atom. The molecule has 2 N–H and O–H groups in total. The zero-order valence-corrected chi connectivity index (χ0v) is 14.6. The molecule has 0 aromatic heterocycles. The van der Waals surface area contributed by atoms with Crippen molar-refractivity contribution in [3.8, 4) is 11.5 Å². The SMILES string of the molecule is C[C@](O)(CNS(=O)(=O)Cc1cc(F)ccc1F)c1ccc2c(c1)OCO2. The van der Waals surface area contributed by atoms with Gasteiger partial charge in [-0.15, -0.1) is 0 Å². The van der Waals surface area contributed by atoms with E-state index in [2.05, 4.69) is 4.72 Å². The highest BCUT2D eigenvalue weighted by molar-refractivity contribution is 7.88. The van der Waals surface area contributed by atoms with Crippen molar-refractivity contribution in [3.63, 3.8) is 0 Å². The van der Waals surface area contributed by atoms with Crippen molar-refractivity contribution in [2.45, 2.75) is 18.3 Å². The van der Waals surface area contributed by atoms with Crippen LogP contribution in [0.1, 0.15) is 18.1 Å². The number of aliphatic hydroxyl groups is 1. The third-order valence-corrected chi connectivity index (χ3v) is 5.26. The molecule has 0 fully saturated rings. The highest BCUT2D eigenvalue weighted by atomic mass is 32.2. The van der Waals surface area contributed by atoms with Gasteiger partial charge in [-0.25, -0.2) is 21.9 Å². The van der Waals surface area contributed by atoms with Gasteiger partial charge in [0.25, 0.3) is 0 Å². The predicted octanol–water partition coefficient (Wildman–Crippen LogP) is 2.02. The van der Waals surface area contributed by atoms with Gasteiger partial charge >= 0.3 is 0 Å². The van der Waals surface area contributed by atoms with E-state index in [1.54, 1.807) is 18.2 Å². The van der Waals surface area contributed by atoms with Crippen LogP contribution in [0.15, 0.2) is 36.4 Å². The molecule has 0 aliphatic carbocycles. The molecule has 140 valence electrons. The van der Waals surface area contributed by atoms with E-state index >= 15 is 0 Å². The number of ether oxygens (including phenoxy) is 2. The van der Waals surface area contributed by atoms with Gasteiger partial charge in [0, 0.05) is 12.1 Å². The van der Waals surface area contributed by atoms with E-state index in [0.29, 0.717) is 17.1 Å². The van der Waals surface area contributed by atoms with Crippen LogP contribution in [0.4, 0.5) is 8.78 Å². The maximum Gasteiger partial charge on any atom is 0.231 e. The largest absolute Gasteiger partial charge is 0.454 e. The molecular formula is C17H17F2NO5S. The summed E-state index contributed by atoms with van der Waals surface area (Å²) < 4.78 is 63.8. The van der Waals surface area contributed by atoms with Gasteiger partial charge in [0.05, 0.1) is 5.75 Å². The Morgan fingerprint density at radius 1 is 1.15 bits per heavy atom. The second-order valence-electron chi connectivity index (χ2n) is 6.16. The van der Waals surface area contributed by atoms with Gasteiger partial charge in [-0.3, -0.25) is 0 Å². The Bertz CT molecular complexity index is 931. The fourth-order valence-electron chi connectivity index (χ4n) is 2.49. The summed E-state index contributed by atoms with van der Waals surface area (Å²) in [5.41, 5.74) is -1.42. The lowest BCUT2D eigenvalue weighted by Gasteiger charge is -2.24. The van der Waals surface area contributed by atoms with Gasteiger partial charge in [0.1, 0.15) is 17.2 Å². The molecule has 0 amide bonds. The number of rotatable bonds is 6. The Labute approximate surface area is 149 Å². The van der Waals surface area contributed by atoms with E-state index in [1.807, 2.05) is 0 Å². The van der Waals surface area contributed by atoms with Crippen LogP contribution in [-0.4, -0.2) is 26.9 Å². The maximum absolute atomic E-state index is 13.6. The fourth-order valence-corrected chi connectivity index (χ4v) is 3.73. The van der Waals surface area contributed by atoms with E-state index in [4.69, 9.17) is 9.47 Å². The molecule has 6 nitrogen and oxygen atoms in total. The molecule has 2 aromatic rings. The van der Waals surface area contributed by atoms with E-state index in [9.17, 15) is 22.3 Å². The molecule has 2 aromatic carbocycles. The highest BCUT2D eigenvalue weighted by Gasteiger charge is 2.28. The van der Waals surface area contributed by atoms with Crippen molar-refractivity contribution in [2.24, 2.45) is 0 Å². The Morgan fingerprint density at radius 3 is 2.65 bits per heavy atom. The second-order valence-corrected chi connectivity index (χ2v) is 7.96. The zero-order chi connectivity index (χ0) is 18.9. The molecule has 1 aliphatic rings. The molecule has 1 heterocycles. The van der Waals surface area contributed by atoms with Crippen LogP contribution in [0.5, 0.6) is 11.5 Å². The minimum Gasteiger partial charge on any atom is -0.454 e. The van der Waals surface area contributed by atoms with Crippen LogP contribution in [0.2, 0.25) is 0 Å². The predicted molar refractivity (Wildman–Crippen MR) is 89.1 cm³/mol. The summed E-state index contributed by atoms with van der Waals surface area (Å²) in [7, 11) is -4.00. The molecule has 3 rings (SSSR count). The second kappa shape index (κ2) is 6.82. The number of fused-ring (bicyclic) bond motifs is 1. The van der Waals surface area contributed by atoms with Crippen molar-refractivity contribution in [1.29, 1.82) is 0 Å². The lowest BCUT2D eigenvalue weighted by molar-refractivity contribution is 0.0625. The van der Waals surface area contributed by atoms with Crippen molar-refractivity contribution in [1.82, 2.24) is 4.72 Å². The van der Waals surface area contributed by atoms with Gasteiger partial charge in [-0.2, -0.15) is 0 Å². The van der Waals surface area contributed by atoms with E-state index in [0.717, 1.165) is 18.2 Å². The summed E-state index contributed by atoms with van der Waals surface area (Å²) in [6.07, 6.45) is 0. The first-order chi connectivity index (χ1) is 12.2. The number of halogens is 2. The van der Waals surface area contributed by atoms with E-state index < -0.39 is 33.0 Å². The highest BCUT2D eigenvalue weighted by Crippen LogP contribution is 2.35. The lowest BCUT2D eigenvalue weighted by Crippen LogP contribution is -2.39. The van der Waals surface area contributed by atoms with Gasteiger partial charge < -0.3 is 14.6 Å². The van der Waals surface area contributed by atoms with Crippen molar-refractivity contribution in [2.75, 3.05) is 13.3 Å². The fraction of sp³-hybridized carbons (Fsp3) is 0.294. The van der Waals surface area contributed by atoms with Crippen LogP contribution in [0, 0.1) is 11.6 Å². The number of sulfonamides is 1. The van der Waals surface area contributed by atoms with Crippen LogP contribution in [0.25, 0.3) is 0 Å². The van der Waals surface area contributed by atoms with Crippen LogP contribution in [-0.2, 0) is 21.4 Å². The number of nitrogens with one attached hydrogen (secondary N) is 1. The van der Waals surface area contributed by atoms with Crippen molar-refractivity contribution >= 4 is 10.0 Å². The van der Waals surface area contributed by atoms with E-state index in [-0.39, 0.29) is 18.9 Å². The topological polar surface area (TPSA) is 84.9 Å². The van der Waals surface area contributed by atoms with Gasteiger partial charge in [-0.1, -0.05) is 6.07 Å². The van der Waals surface area contributed by atoms with Crippen molar-refractivity contribution < 1.29 is 31.8 Å². The summed E-state index contributed by atoms with van der Waals surface area (Å²) in [4.78, 5) is 0. The molecule has 0 saturated heterocycles. The summed E-state index contributed by atoms with van der Waals surface area (Å²) in [5, 5.41) is 10.6. The minimum atomic E-state index is -4.00.